The lowest BCUT2D eigenvalue weighted by Crippen LogP contribution is -2.36. The average molecular weight is 205 g/mol. The van der Waals surface area contributed by atoms with E-state index in [2.05, 4.69) is 24.3 Å². The van der Waals surface area contributed by atoms with Gasteiger partial charge >= 0.3 is 0 Å². The monoisotopic (exact) mass is 205 g/mol. The first-order valence-corrected chi connectivity index (χ1v) is 5.54. The Morgan fingerprint density at radius 2 is 2.13 bits per heavy atom. The third-order valence-electron chi connectivity index (χ3n) is 3.13. The van der Waals surface area contributed by atoms with Crippen molar-refractivity contribution >= 4 is 0 Å². The zero-order valence-corrected chi connectivity index (χ0v) is 9.49. The first kappa shape index (κ1) is 10.7. The van der Waals surface area contributed by atoms with Crippen LogP contribution in [0.15, 0.2) is 24.3 Å². The lowest BCUT2D eigenvalue weighted by Gasteiger charge is -2.33. The smallest absolute Gasteiger partial charge is 0.0748 e. The Bertz CT molecular complexity index is 346. The van der Waals surface area contributed by atoms with E-state index < -0.39 is 0 Å². The van der Waals surface area contributed by atoms with Crippen molar-refractivity contribution in [2.75, 3.05) is 13.2 Å². The molecule has 0 saturated carbocycles. The van der Waals surface area contributed by atoms with Crippen molar-refractivity contribution in [2.24, 2.45) is 5.73 Å². The van der Waals surface area contributed by atoms with Crippen LogP contribution in [-0.4, -0.2) is 18.8 Å². The summed E-state index contributed by atoms with van der Waals surface area (Å²) in [4.78, 5) is 0. The van der Waals surface area contributed by atoms with Gasteiger partial charge in [-0.15, -0.1) is 0 Å². The van der Waals surface area contributed by atoms with Gasteiger partial charge in [-0.2, -0.15) is 0 Å². The number of rotatable bonds is 4. The summed E-state index contributed by atoms with van der Waals surface area (Å²) in [7, 11) is 0. The highest BCUT2D eigenvalue weighted by Crippen LogP contribution is 2.35. The maximum Gasteiger partial charge on any atom is 0.0748 e. The van der Waals surface area contributed by atoms with E-state index in [0.717, 1.165) is 13.0 Å². The van der Waals surface area contributed by atoms with Crippen molar-refractivity contribution in [1.29, 1.82) is 0 Å². The van der Waals surface area contributed by atoms with Gasteiger partial charge in [0, 0.05) is 12.5 Å². The van der Waals surface area contributed by atoms with Crippen molar-refractivity contribution in [3.05, 3.63) is 35.4 Å². The van der Waals surface area contributed by atoms with Crippen molar-refractivity contribution < 1.29 is 4.74 Å². The van der Waals surface area contributed by atoms with Crippen LogP contribution >= 0.6 is 0 Å². The third-order valence-corrected chi connectivity index (χ3v) is 3.13. The molecule has 1 aromatic rings. The van der Waals surface area contributed by atoms with Crippen LogP contribution in [0.1, 0.15) is 30.9 Å². The highest BCUT2D eigenvalue weighted by atomic mass is 16.5. The van der Waals surface area contributed by atoms with E-state index in [0.29, 0.717) is 12.5 Å². The van der Waals surface area contributed by atoms with Crippen LogP contribution in [0.3, 0.4) is 0 Å². The molecule has 2 heteroatoms. The first-order chi connectivity index (χ1) is 7.12. The summed E-state index contributed by atoms with van der Waals surface area (Å²) in [5.74, 6) is 0.576. The molecular formula is C13H19NO. The van der Waals surface area contributed by atoms with Crippen LogP contribution in [0.2, 0.25) is 0 Å². The standard InChI is InChI=1S/C13H19NO/c1-13(2,9-14)15-8-11-7-10-5-3-4-6-12(10)11/h3-6,11H,7-9,14H2,1-2H3. The van der Waals surface area contributed by atoms with Crippen molar-refractivity contribution in [3.8, 4) is 0 Å². The molecule has 2 nitrogen and oxygen atoms in total. The van der Waals surface area contributed by atoms with Gasteiger partial charge in [-0.05, 0) is 31.4 Å². The second-order valence-electron chi connectivity index (χ2n) is 4.87. The molecule has 0 fully saturated rings. The molecule has 0 amide bonds. The molecule has 15 heavy (non-hydrogen) atoms. The second kappa shape index (κ2) is 3.95. The van der Waals surface area contributed by atoms with E-state index in [1.165, 1.54) is 11.1 Å². The van der Waals surface area contributed by atoms with E-state index in [1.54, 1.807) is 0 Å². The van der Waals surface area contributed by atoms with Gasteiger partial charge in [0.25, 0.3) is 0 Å². The SMILES string of the molecule is CC(C)(CN)OCC1Cc2ccccc21. The van der Waals surface area contributed by atoms with Crippen LogP contribution in [0, 0.1) is 0 Å². The number of hydrogen-bond acceptors (Lipinski definition) is 2. The zero-order valence-electron chi connectivity index (χ0n) is 9.49. The Morgan fingerprint density at radius 1 is 1.40 bits per heavy atom. The average Bonchev–Trinajstić information content (AvgIpc) is 2.19. The lowest BCUT2D eigenvalue weighted by atomic mass is 9.78. The van der Waals surface area contributed by atoms with E-state index in [9.17, 15) is 0 Å². The lowest BCUT2D eigenvalue weighted by molar-refractivity contribution is -0.0204. The maximum absolute atomic E-state index is 5.81. The van der Waals surface area contributed by atoms with Gasteiger partial charge in [0.05, 0.1) is 12.2 Å². The molecule has 0 aromatic heterocycles. The van der Waals surface area contributed by atoms with Crippen molar-refractivity contribution in [3.63, 3.8) is 0 Å². The minimum absolute atomic E-state index is 0.190. The summed E-state index contributed by atoms with van der Waals surface area (Å²) in [6.07, 6.45) is 1.15. The molecule has 1 atom stereocenters. The Labute approximate surface area is 91.4 Å². The van der Waals surface area contributed by atoms with Gasteiger partial charge in [-0.1, -0.05) is 24.3 Å². The molecule has 0 spiro atoms. The molecule has 0 aliphatic heterocycles. The number of nitrogens with two attached hydrogens (primary N) is 1. The predicted molar refractivity (Wildman–Crippen MR) is 62.0 cm³/mol. The van der Waals surface area contributed by atoms with Crippen LogP contribution in [0.25, 0.3) is 0 Å². The van der Waals surface area contributed by atoms with Crippen molar-refractivity contribution in [1.82, 2.24) is 0 Å². The molecule has 1 aliphatic carbocycles. The fourth-order valence-corrected chi connectivity index (χ4v) is 1.90. The fourth-order valence-electron chi connectivity index (χ4n) is 1.90. The summed E-state index contributed by atoms with van der Waals surface area (Å²) in [5.41, 5.74) is 8.35. The zero-order chi connectivity index (χ0) is 10.9. The Hall–Kier alpha value is -0.860. The quantitative estimate of drug-likeness (QED) is 0.816. The molecule has 1 unspecified atom stereocenters. The van der Waals surface area contributed by atoms with E-state index in [-0.39, 0.29) is 5.60 Å². The van der Waals surface area contributed by atoms with Gasteiger partial charge in [0.1, 0.15) is 0 Å². The van der Waals surface area contributed by atoms with Gasteiger partial charge in [-0.25, -0.2) is 0 Å². The molecular weight excluding hydrogens is 186 g/mol. The number of ether oxygens (including phenoxy) is 1. The number of fused-ring (bicyclic) bond motifs is 1. The number of hydrogen-bond donors (Lipinski definition) is 1. The summed E-state index contributed by atoms with van der Waals surface area (Å²) < 4.78 is 5.81. The normalized spacial score (nSPS) is 19.5. The highest BCUT2D eigenvalue weighted by molar-refractivity contribution is 5.39. The topological polar surface area (TPSA) is 35.2 Å². The van der Waals surface area contributed by atoms with Gasteiger partial charge in [-0.3, -0.25) is 0 Å². The van der Waals surface area contributed by atoms with E-state index in [1.807, 2.05) is 13.8 Å². The van der Waals surface area contributed by atoms with Gasteiger partial charge < -0.3 is 10.5 Å². The van der Waals surface area contributed by atoms with Crippen LogP contribution in [-0.2, 0) is 11.2 Å². The van der Waals surface area contributed by atoms with Crippen molar-refractivity contribution in [2.45, 2.75) is 31.8 Å². The Kier molecular flexibility index (Phi) is 2.81. The summed E-state index contributed by atoms with van der Waals surface area (Å²) in [6, 6.07) is 8.58. The highest BCUT2D eigenvalue weighted by Gasteiger charge is 2.27. The minimum Gasteiger partial charge on any atom is -0.374 e. The molecule has 1 aliphatic rings. The Morgan fingerprint density at radius 3 is 2.80 bits per heavy atom. The summed E-state index contributed by atoms with van der Waals surface area (Å²) in [5, 5.41) is 0. The second-order valence-corrected chi connectivity index (χ2v) is 4.87. The summed E-state index contributed by atoms with van der Waals surface area (Å²) in [6.45, 7) is 5.44. The van der Waals surface area contributed by atoms with Crippen LogP contribution in [0.5, 0.6) is 0 Å². The predicted octanol–water partition coefficient (Wildman–Crippen LogP) is 2.08. The number of benzene rings is 1. The molecule has 2 rings (SSSR count). The largest absolute Gasteiger partial charge is 0.374 e. The Balaban J connectivity index is 1.90. The molecule has 1 aromatic carbocycles. The molecule has 0 saturated heterocycles. The minimum atomic E-state index is -0.190. The van der Waals surface area contributed by atoms with E-state index >= 15 is 0 Å². The molecule has 0 bridgehead atoms. The molecule has 82 valence electrons. The molecule has 0 heterocycles. The van der Waals surface area contributed by atoms with Gasteiger partial charge in [0.2, 0.25) is 0 Å². The van der Waals surface area contributed by atoms with E-state index in [4.69, 9.17) is 10.5 Å². The molecule has 2 N–H and O–H groups in total. The van der Waals surface area contributed by atoms with Gasteiger partial charge in [0.15, 0.2) is 0 Å². The van der Waals surface area contributed by atoms with Crippen LogP contribution in [0.4, 0.5) is 0 Å². The summed E-state index contributed by atoms with van der Waals surface area (Å²) >= 11 is 0. The van der Waals surface area contributed by atoms with Crippen LogP contribution < -0.4 is 5.73 Å². The molecule has 0 radical (unpaired) electrons. The first-order valence-electron chi connectivity index (χ1n) is 5.54. The fraction of sp³-hybridized carbons (Fsp3) is 0.538. The maximum atomic E-state index is 5.81. The third kappa shape index (κ3) is 2.21.